The van der Waals surface area contributed by atoms with Crippen LogP contribution in [-0.2, 0) is 9.83 Å². The van der Waals surface area contributed by atoms with Gasteiger partial charge in [0, 0.05) is 0 Å². The topological polar surface area (TPSA) is 17.1 Å². The van der Waals surface area contributed by atoms with E-state index in [0.717, 1.165) is 0 Å². The molecule has 1 aliphatic rings. The third-order valence-electron chi connectivity index (χ3n) is 3.69. The lowest BCUT2D eigenvalue weighted by atomic mass is 10.0. The Hall–Kier alpha value is -0.893. The van der Waals surface area contributed by atoms with E-state index < -0.39 is 8.07 Å². The summed E-state index contributed by atoms with van der Waals surface area (Å²) in [7, 11) is -1.80. The van der Waals surface area contributed by atoms with Crippen molar-refractivity contribution in [1.29, 1.82) is 0 Å². The predicted octanol–water partition coefficient (Wildman–Crippen LogP) is 1.57. The van der Waals surface area contributed by atoms with Crippen LogP contribution in [0.2, 0.25) is 6.55 Å². The summed E-state index contributed by atoms with van der Waals surface area (Å²) in [6.45, 7) is 6.54. The first kappa shape index (κ1) is 8.69. The second-order valence-electron chi connectivity index (χ2n) is 4.49. The van der Waals surface area contributed by atoms with Gasteiger partial charge >= 0.3 is 0 Å². The molecule has 1 atom stereocenters. The molecule has 0 fully saturated rings. The minimum absolute atomic E-state index is 0.130. The van der Waals surface area contributed by atoms with Gasteiger partial charge in [-0.25, -0.2) is 0 Å². The summed E-state index contributed by atoms with van der Waals surface area (Å²) in [5.41, 5.74) is 1.37. The average molecular weight is 190 g/mol. The fourth-order valence-corrected chi connectivity index (χ4v) is 5.33. The van der Waals surface area contributed by atoms with E-state index in [1.807, 2.05) is 6.07 Å². The summed E-state index contributed by atoms with van der Waals surface area (Å²) >= 11 is 0. The van der Waals surface area contributed by atoms with Crippen molar-refractivity contribution in [2.75, 3.05) is 0 Å². The molecule has 2 heteroatoms. The first-order chi connectivity index (χ1) is 6.04. The maximum absolute atomic E-state index is 11.1. The molecule has 1 heterocycles. The number of rotatable bonds is 1. The molecule has 1 unspecified atom stereocenters. The number of fused-ring (bicyclic) bond motifs is 1. The van der Waals surface area contributed by atoms with E-state index in [4.69, 9.17) is 0 Å². The van der Waals surface area contributed by atoms with Crippen LogP contribution in [0.3, 0.4) is 0 Å². The van der Waals surface area contributed by atoms with Gasteiger partial charge in [-0.3, -0.25) is 0 Å². The molecule has 68 valence electrons. The molecule has 0 N–H and O–H groups in total. The second kappa shape index (κ2) is 2.32. The van der Waals surface area contributed by atoms with Crippen molar-refractivity contribution in [1.82, 2.24) is 0 Å². The van der Waals surface area contributed by atoms with Gasteiger partial charge in [-0.15, -0.1) is 0 Å². The summed E-state index contributed by atoms with van der Waals surface area (Å²) in [6.07, 6.45) is 0. The van der Waals surface area contributed by atoms with E-state index in [-0.39, 0.29) is 5.04 Å². The van der Waals surface area contributed by atoms with Crippen molar-refractivity contribution in [2.45, 2.75) is 25.4 Å². The number of hydrogen-bond donors (Lipinski definition) is 0. The summed E-state index contributed by atoms with van der Waals surface area (Å²) in [5, 5.41) is 1.46. The molecule has 1 aromatic rings. The smallest absolute Gasteiger partial charge is 0.166 e. The second-order valence-corrected chi connectivity index (χ2v) is 8.92. The Bertz CT molecular complexity index is 370. The standard InChI is InChI=1S/C11H14OSi/c1-11(2)9-6-4-5-7-10(9)13(11,3)8-12/h4-8H,1-3H3. The summed E-state index contributed by atoms with van der Waals surface area (Å²) in [6, 6.07) is 8.34. The molecule has 1 aromatic carbocycles. The number of benzene rings is 1. The van der Waals surface area contributed by atoms with Gasteiger partial charge < -0.3 is 4.79 Å². The van der Waals surface area contributed by atoms with Crippen molar-refractivity contribution in [3.8, 4) is 0 Å². The van der Waals surface area contributed by atoms with E-state index in [9.17, 15) is 4.79 Å². The summed E-state index contributed by atoms with van der Waals surface area (Å²) in [4.78, 5) is 11.1. The fourth-order valence-electron chi connectivity index (χ4n) is 2.25. The first-order valence-corrected chi connectivity index (χ1v) is 7.18. The molecule has 13 heavy (non-hydrogen) atoms. The monoisotopic (exact) mass is 190 g/mol. The van der Waals surface area contributed by atoms with Gasteiger partial charge in [0.05, 0.1) is 0 Å². The van der Waals surface area contributed by atoms with Gasteiger partial charge in [0.15, 0.2) is 8.07 Å². The molecule has 0 saturated carbocycles. The van der Waals surface area contributed by atoms with Crippen LogP contribution in [0.4, 0.5) is 0 Å². The van der Waals surface area contributed by atoms with Crippen molar-refractivity contribution in [2.24, 2.45) is 0 Å². The van der Waals surface area contributed by atoms with Crippen LogP contribution in [0.25, 0.3) is 0 Å². The first-order valence-electron chi connectivity index (χ1n) is 4.60. The van der Waals surface area contributed by atoms with Crippen LogP contribution in [0, 0.1) is 0 Å². The Morgan fingerprint density at radius 1 is 1.31 bits per heavy atom. The molecule has 2 rings (SSSR count). The molecule has 0 saturated heterocycles. The van der Waals surface area contributed by atoms with Crippen molar-refractivity contribution < 1.29 is 4.79 Å². The fraction of sp³-hybridized carbons (Fsp3) is 0.364. The maximum Gasteiger partial charge on any atom is 0.166 e. The van der Waals surface area contributed by atoms with Crippen LogP contribution in [0.5, 0.6) is 0 Å². The third kappa shape index (κ3) is 0.792. The zero-order valence-electron chi connectivity index (χ0n) is 8.29. The Balaban J connectivity index is 2.66. The quantitative estimate of drug-likeness (QED) is 0.485. The lowest BCUT2D eigenvalue weighted by Crippen LogP contribution is -2.72. The Morgan fingerprint density at radius 3 is 2.54 bits per heavy atom. The number of carbonyl (C=O) groups excluding carboxylic acids is 1. The molecule has 0 aromatic heterocycles. The SMILES string of the molecule is CC1(C)c2ccccc2[Si]1(C)C=O. The molecule has 0 radical (unpaired) electrons. The van der Waals surface area contributed by atoms with E-state index in [1.54, 1.807) is 0 Å². The number of hydrogen-bond acceptors (Lipinski definition) is 1. The van der Waals surface area contributed by atoms with Crippen LogP contribution < -0.4 is 5.19 Å². The molecule has 0 amide bonds. The molecular formula is C11H14OSi. The lowest BCUT2D eigenvalue weighted by Gasteiger charge is -2.50. The van der Waals surface area contributed by atoms with Crippen LogP contribution in [0.1, 0.15) is 19.4 Å². The summed E-state index contributed by atoms with van der Waals surface area (Å²) < 4.78 is 0. The number of carbonyl (C=O) groups is 1. The average Bonchev–Trinajstić information content (AvgIpc) is 2.16. The maximum atomic E-state index is 11.1. The summed E-state index contributed by atoms with van der Waals surface area (Å²) in [5.74, 6) is 1.22. The van der Waals surface area contributed by atoms with Gasteiger partial charge in [-0.2, -0.15) is 0 Å². The molecule has 1 nitrogen and oxygen atoms in total. The van der Waals surface area contributed by atoms with Crippen LogP contribution in [0.15, 0.2) is 24.3 Å². The van der Waals surface area contributed by atoms with Gasteiger partial charge in [0.1, 0.15) is 5.91 Å². The zero-order valence-corrected chi connectivity index (χ0v) is 9.29. The minimum atomic E-state index is -1.80. The van der Waals surface area contributed by atoms with E-state index >= 15 is 0 Å². The Morgan fingerprint density at radius 2 is 1.92 bits per heavy atom. The molecule has 1 aliphatic heterocycles. The van der Waals surface area contributed by atoms with E-state index in [0.29, 0.717) is 0 Å². The van der Waals surface area contributed by atoms with Gasteiger partial charge in [0.25, 0.3) is 0 Å². The van der Waals surface area contributed by atoms with Crippen molar-refractivity contribution in [3.63, 3.8) is 0 Å². The lowest BCUT2D eigenvalue weighted by molar-refractivity contribution is 0.562. The highest BCUT2D eigenvalue weighted by molar-refractivity contribution is 7.14. The largest absolute Gasteiger partial charge is 0.309 e. The highest BCUT2D eigenvalue weighted by Crippen LogP contribution is 2.40. The molecule has 0 aliphatic carbocycles. The van der Waals surface area contributed by atoms with Crippen LogP contribution in [-0.4, -0.2) is 14.0 Å². The normalized spacial score (nSPS) is 28.8. The molecular weight excluding hydrogens is 176 g/mol. The Kier molecular flexibility index (Phi) is 1.55. The van der Waals surface area contributed by atoms with Gasteiger partial charge in [0.2, 0.25) is 0 Å². The van der Waals surface area contributed by atoms with E-state index in [2.05, 4.69) is 38.6 Å². The van der Waals surface area contributed by atoms with Gasteiger partial charge in [-0.1, -0.05) is 44.7 Å². The minimum Gasteiger partial charge on any atom is -0.309 e. The highest BCUT2D eigenvalue weighted by atomic mass is 28.3. The van der Waals surface area contributed by atoms with Crippen LogP contribution >= 0.6 is 0 Å². The zero-order chi connectivity index (χ0) is 9.69. The predicted molar refractivity (Wildman–Crippen MR) is 57.5 cm³/mol. The molecule has 0 bridgehead atoms. The van der Waals surface area contributed by atoms with Gasteiger partial charge in [-0.05, 0) is 15.8 Å². The molecule has 0 spiro atoms. The van der Waals surface area contributed by atoms with E-state index in [1.165, 1.54) is 16.7 Å². The van der Waals surface area contributed by atoms with Crippen molar-refractivity contribution in [3.05, 3.63) is 29.8 Å². The highest BCUT2D eigenvalue weighted by Gasteiger charge is 2.56. The van der Waals surface area contributed by atoms with Crippen molar-refractivity contribution >= 4 is 19.2 Å². The third-order valence-corrected chi connectivity index (χ3v) is 8.59. The Labute approximate surface area is 79.8 Å².